The number of anilines is 1. The predicted molar refractivity (Wildman–Crippen MR) is 114 cm³/mol. The summed E-state index contributed by atoms with van der Waals surface area (Å²) in [6.45, 7) is 3.97. The maximum atomic E-state index is 5.91. The monoisotopic (exact) mass is 455 g/mol. The molecule has 0 amide bonds. The molecule has 25 heavy (non-hydrogen) atoms. The highest BCUT2D eigenvalue weighted by Crippen LogP contribution is 2.14. The van der Waals surface area contributed by atoms with Crippen LogP contribution in [0.3, 0.4) is 0 Å². The number of ether oxygens (including phenoxy) is 2. The summed E-state index contributed by atoms with van der Waals surface area (Å²) in [5.74, 6) is 1.50. The van der Waals surface area contributed by atoms with Crippen LogP contribution in [0.25, 0.3) is 0 Å². The molecule has 136 valence electrons. The van der Waals surface area contributed by atoms with Crippen LogP contribution in [0.2, 0.25) is 0 Å². The van der Waals surface area contributed by atoms with Gasteiger partial charge in [-0.15, -0.1) is 24.0 Å². The van der Waals surface area contributed by atoms with Crippen molar-refractivity contribution in [3.05, 3.63) is 60.2 Å². The van der Waals surface area contributed by atoms with Gasteiger partial charge in [0.15, 0.2) is 5.96 Å². The van der Waals surface area contributed by atoms with Crippen molar-refractivity contribution in [2.75, 3.05) is 25.6 Å². The first-order chi connectivity index (χ1) is 11.7. The van der Waals surface area contributed by atoms with Gasteiger partial charge in [-0.05, 0) is 35.7 Å². The molecular formula is C19H26IN3O2. The van der Waals surface area contributed by atoms with Crippen LogP contribution in [-0.4, -0.2) is 26.2 Å². The molecule has 2 aromatic rings. The topological polar surface area (TPSA) is 68.9 Å². The smallest absolute Gasteiger partial charge is 0.193 e. The van der Waals surface area contributed by atoms with Crippen molar-refractivity contribution < 1.29 is 9.47 Å². The summed E-state index contributed by atoms with van der Waals surface area (Å²) in [5.41, 5.74) is 7.97. The highest BCUT2D eigenvalue weighted by atomic mass is 127. The van der Waals surface area contributed by atoms with Gasteiger partial charge >= 0.3 is 0 Å². The molecule has 2 aromatic carbocycles. The molecule has 0 fully saturated rings. The third kappa shape index (κ3) is 8.22. The SMILES string of the molecule is COc1ccc(NC(N)=NCC(C)COCc2ccccc2)cc1.I. The number of hydrogen-bond acceptors (Lipinski definition) is 3. The molecule has 5 nitrogen and oxygen atoms in total. The van der Waals surface area contributed by atoms with E-state index in [1.165, 1.54) is 5.56 Å². The number of benzene rings is 2. The third-order valence-corrected chi connectivity index (χ3v) is 3.45. The molecule has 0 saturated heterocycles. The number of guanidine groups is 1. The molecule has 2 rings (SSSR count). The number of halogens is 1. The summed E-state index contributed by atoms with van der Waals surface area (Å²) < 4.78 is 10.8. The lowest BCUT2D eigenvalue weighted by Gasteiger charge is -2.11. The van der Waals surface area contributed by atoms with Gasteiger partial charge in [0.2, 0.25) is 0 Å². The third-order valence-electron chi connectivity index (χ3n) is 3.45. The first kappa shape index (κ1) is 21.2. The fourth-order valence-electron chi connectivity index (χ4n) is 2.12. The normalized spacial score (nSPS) is 12.2. The van der Waals surface area contributed by atoms with E-state index in [0.717, 1.165) is 11.4 Å². The number of nitrogens with one attached hydrogen (secondary N) is 1. The quantitative estimate of drug-likeness (QED) is 0.360. The van der Waals surface area contributed by atoms with Crippen molar-refractivity contribution in [1.82, 2.24) is 0 Å². The zero-order valence-corrected chi connectivity index (χ0v) is 17.0. The summed E-state index contributed by atoms with van der Waals surface area (Å²) in [7, 11) is 1.64. The number of nitrogens with two attached hydrogens (primary N) is 1. The Hall–Kier alpha value is -1.80. The molecule has 3 N–H and O–H groups in total. The van der Waals surface area contributed by atoms with Gasteiger partial charge < -0.3 is 20.5 Å². The second-order valence-corrected chi connectivity index (χ2v) is 5.69. The average Bonchev–Trinajstić information content (AvgIpc) is 2.61. The van der Waals surface area contributed by atoms with Crippen LogP contribution in [0.5, 0.6) is 5.75 Å². The average molecular weight is 455 g/mol. The van der Waals surface area contributed by atoms with E-state index in [0.29, 0.717) is 31.6 Å². The van der Waals surface area contributed by atoms with Crippen LogP contribution < -0.4 is 15.8 Å². The fourth-order valence-corrected chi connectivity index (χ4v) is 2.12. The second-order valence-electron chi connectivity index (χ2n) is 5.69. The minimum absolute atomic E-state index is 0. The molecule has 0 spiro atoms. The van der Waals surface area contributed by atoms with Gasteiger partial charge in [-0.1, -0.05) is 37.3 Å². The van der Waals surface area contributed by atoms with Gasteiger partial charge in [-0.3, -0.25) is 4.99 Å². The zero-order valence-electron chi connectivity index (χ0n) is 14.6. The Kier molecular flexibility index (Phi) is 9.94. The van der Waals surface area contributed by atoms with Gasteiger partial charge in [-0.25, -0.2) is 0 Å². The van der Waals surface area contributed by atoms with Crippen LogP contribution in [0.4, 0.5) is 5.69 Å². The molecule has 6 heteroatoms. The van der Waals surface area contributed by atoms with E-state index in [2.05, 4.69) is 29.4 Å². The summed E-state index contributed by atoms with van der Waals surface area (Å²) >= 11 is 0. The number of rotatable bonds is 8. The molecule has 0 saturated carbocycles. The van der Waals surface area contributed by atoms with Gasteiger partial charge in [0, 0.05) is 12.2 Å². The van der Waals surface area contributed by atoms with Crippen LogP contribution >= 0.6 is 24.0 Å². The number of hydrogen-bond donors (Lipinski definition) is 2. The number of methoxy groups -OCH3 is 1. The van der Waals surface area contributed by atoms with Crippen molar-refractivity contribution in [3.63, 3.8) is 0 Å². The maximum absolute atomic E-state index is 5.91. The molecule has 0 aromatic heterocycles. The highest BCUT2D eigenvalue weighted by molar-refractivity contribution is 14.0. The lowest BCUT2D eigenvalue weighted by molar-refractivity contribution is 0.0945. The van der Waals surface area contributed by atoms with Crippen molar-refractivity contribution >= 4 is 35.6 Å². The molecule has 1 unspecified atom stereocenters. The van der Waals surface area contributed by atoms with Crippen molar-refractivity contribution in [2.24, 2.45) is 16.6 Å². The van der Waals surface area contributed by atoms with Gasteiger partial charge in [0.05, 0.1) is 20.3 Å². The van der Waals surface area contributed by atoms with Crippen molar-refractivity contribution in [2.45, 2.75) is 13.5 Å². The van der Waals surface area contributed by atoms with E-state index < -0.39 is 0 Å². The highest BCUT2D eigenvalue weighted by Gasteiger charge is 2.03. The lowest BCUT2D eigenvalue weighted by Crippen LogP contribution is -2.24. The minimum atomic E-state index is 0. The zero-order chi connectivity index (χ0) is 17.2. The van der Waals surface area contributed by atoms with E-state index in [4.69, 9.17) is 15.2 Å². The van der Waals surface area contributed by atoms with Crippen molar-refractivity contribution in [3.8, 4) is 5.75 Å². The minimum Gasteiger partial charge on any atom is -0.497 e. The maximum Gasteiger partial charge on any atom is 0.193 e. The van der Waals surface area contributed by atoms with E-state index in [1.54, 1.807) is 7.11 Å². The molecule has 0 aliphatic rings. The summed E-state index contributed by atoms with van der Waals surface area (Å²) in [6.07, 6.45) is 0. The van der Waals surface area contributed by atoms with Crippen LogP contribution in [0.15, 0.2) is 59.6 Å². The molecule has 0 aliphatic carbocycles. The van der Waals surface area contributed by atoms with E-state index in [1.807, 2.05) is 42.5 Å². The standard InChI is InChI=1S/C19H25N3O2.HI/c1-15(13-24-14-16-6-4-3-5-7-16)12-21-19(20)22-17-8-10-18(23-2)11-9-17;/h3-11,15H,12-14H2,1-2H3,(H3,20,21,22);1H. The van der Waals surface area contributed by atoms with Gasteiger partial charge in [0.25, 0.3) is 0 Å². The summed E-state index contributed by atoms with van der Waals surface area (Å²) in [5, 5.41) is 3.06. The first-order valence-electron chi connectivity index (χ1n) is 8.00. The number of aliphatic imine (C=N–C) groups is 1. The Morgan fingerprint density at radius 1 is 1.12 bits per heavy atom. The predicted octanol–water partition coefficient (Wildman–Crippen LogP) is 3.89. The Labute approximate surface area is 166 Å². The van der Waals surface area contributed by atoms with Crippen LogP contribution in [0.1, 0.15) is 12.5 Å². The molecule has 1 atom stereocenters. The molecule has 0 aliphatic heterocycles. The molecule has 0 bridgehead atoms. The first-order valence-corrected chi connectivity index (χ1v) is 8.00. The fraction of sp³-hybridized carbons (Fsp3) is 0.316. The van der Waals surface area contributed by atoms with E-state index in [9.17, 15) is 0 Å². The summed E-state index contributed by atoms with van der Waals surface area (Å²) in [4.78, 5) is 4.36. The molecular weight excluding hydrogens is 429 g/mol. The molecule has 0 heterocycles. The lowest BCUT2D eigenvalue weighted by atomic mass is 10.2. The Morgan fingerprint density at radius 2 is 1.80 bits per heavy atom. The van der Waals surface area contributed by atoms with Gasteiger partial charge in [0.1, 0.15) is 5.75 Å². The van der Waals surface area contributed by atoms with Crippen molar-refractivity contribution in [1.29, 1.82) is 0 Å². The Balaban J connectivity index is 0.00000312. The van der Waals surface area contributed by atoms with Gasteiger partial charge in [-0.2, -0.15) is 0 Å². The van der Waals surface area contributed by atoms with Crippen LogP contribution in [0, 0.1) is 5.92 Å². The van der Waals surface area contributed by atoms with E-state index in [-0.39, 0.29) is 24.0 Å². The Morgan fingerprint density at radius 3 is 2.44 bits per heavy atom. The molecule has 0 radical (unpaired) electrons. The second kappa shape index (κ2) is 11.7. The number of nitrogens with zero attached hydrogens (tertiary/aromatic N) is 1. The van der Waals surface area contributed by atoms with E-state index >= 15 is 0 Å². The Bertz CT molecular complexity index is 633. The van der Waals surface area contributed by atoms with Crippen LogP contribution in [-0.2, 0) is 11.3 Å². The summed E-state index contributed by atoms with van der Waals surface area (Å²) in [6, 6.07) is 17.7. The largest absolute Gasteiger partial charge is 0.497 e.